The van der Waals surface area contributed by atoms with Gasteiger partial charge in [-0.2, -0.15) is 0 Å². The number of carbonyl (C=O) groups excluding carboxylic acids is 1. The third kappa shape index (κ3) is 4.77. The van der Waals surface area contributed by atoms with Gasteiger partial charge in [-0.15, -0.1) is 0 Å². The number of halogens is 1. The van der Waals surface area contributed by atoms with Gasteiger partial charge in [-0.1, -0.05) is 0 Å². The second kappa shape index (κ2) is 8.66. The predicted octanol–water partition coefficient (Wildman–Crippen LogP) is 3.06. The van der Waals surface area contributed by atoms with Crippen molar-refractivity contribution in [3.63, 3.8) is 0 Å². The molecular weight excluding hydrogens is 409 g/mol. The van der Waals surface area contributed by atoms with Crippen molar-refractivity contribution >= 4 is 28.5 Å². The standard InChI is InChI=1S/C23H28FN7O/c1-23(2,3)31-22(32)16-11-28-21-20(16)30-18(12-29-21)19(25)15-5-4-14(24)8-17(15)27-7-6-13-9-26-10-13/h4-5,8,11-13,25-27H,6-7,9-10H2,1-3H3,(H,28,29)(H,31,32). The Morgan fingerprint density at radius 1 is 1.28 bits per heavy atom. The van der Waals surface area contributed by atoms with Crippen LogP contribution in [-0.2, 0) is 0 Å². The summed E-state index contributed by atoms with van der Waals surface area (Å²) >= 11 is 0. The number of fused-ring (bicyclic) bond motifs is 1. The van der Waals surface area contributed by atoms with Gasteiger partial charge in [0, 0.05) is 29.5 Å². The summed E-state index contributed by atoms with van der Waals surface area (Å²) in [4.78, 5) is 24.5. The van der Waals surface area contributed by atoms with Crippen LogP contribution in [0.1, 0.15) is 48.8 Å². The highest BCUT2D eigenvalue weighted by atomic mass is 19.1. The van der Waals surface area contributed by atoms with Gasteiger partial charge in [0.15, 0.2) is 5.65 Å². The van der Waals surface area contributed by atoms with E-state index in [2.05, 4.69) is 30.9 Å². The fraction of sp³-hybridized carbons (Fsp3) is 0.391. The number of hydrogen-bond acceptors (Lipinski definition) is 6. The number of hydrogen-bond donors (Lipinski definition) is 5. The van der Waals surface area contributed by atoms with Crippen molar-refractivity contribution in [1.29, 1.82) is 5.41 Å². The summed E-state index contributed by atoms with van der Waals surface area (Å²) in [6.07, 6.45) is 4.02. The van der Waals surface area contributed by atoms with Crippen LogP contribution in [0.25, 0.3) is 11.2 Å². The molecule has 32 heavy (non-hydrogen) atoms. The van der Waals surface area contributed by atoms with Crippen LogP contribution in [0.4, 0.5) is 10.1 Å². The molecule has 9 heteroatoms. The molecular formula is C23H28FN7O. The number of amides is 1. The molecule has 0 atom stereocenters. The van der Waals surface area contributed by atoms with Crippen LogP contribution in [0, 0.1) is 17.1 Å². The highest BCUT2D eigenvalue weighted by molar-refractivity contribution is 6.14. The Morgan fingerprint density at radius 3 is 2.75 bits per heavy atom. The lowest BCUT2D eigenvalue weighted by atomic mass is 9.99. The van der Waals surface area contributed by atoms with Gasteiger partial charge in [0.05, 0.1) is 17.5 Å². The summed E-state index contributed by atoms with van der Waals surface area (Å²) in [6.45, 7) is 8.40. The van der Waals surface area contributed by atoms with E-state index in [9.17, 15) is 9.18 Å². The summed E-state index contributed by atoms with van der Waals surface area (Å²) < 4.78 is 13.9. The number of rotatable bonds is 7. The molecule has 8 nitrogen and oxygen atoms in total. The number of aromatic amines is 1. The van der Waals surface area contributed by atoms with Gasteiger partial charge >= 0.3 is 0 Å². The number of aromatic nitrogens is 3. The lowest BCUT2D eigenvalue weighted by Gasteiger charge is -2.27. The summed E-state index contributed by atoms with van der Waals surface area (Å²) in [5.41, 5.74) is 2.31. The van der Waals surface area contributed by atoms with Crippen molar-refractivity contribution < 1.29 is 9.18 Å². The van der Waals surface area contributed by atoms with Crippen LogP contribution in [0.5, 0.6) is 0 Å². The zero-order valence-electron chi connectivity index (χ0n) is 18.5. The highest BCUT2D eigenvalue weighted by Crippen LogP contribution is 2.23. The molecule has 5 N–H and O–H groups in total. The minimum Gasteiger partial charge on any atom is -0.384 e. The van der Waals surface area contributed by atoms with E-state index < -0.39 is 5.54 Å². The van der Waals surface area contributed by atoms with E-state index in [4.69, 9.17) is 5.41 Å². The van der Waals surface area contributed by atoms with Crippen molar-refractivity contribution in [3.8, 4) is 0 Å². The molecule has 1 aromatic carbocycles. The van der Waals surface area contributed by atoms with Gasteiger partial charge in [-0.05, 0) is 64.4 Å². The Bertz CT molecular complexity index is 1160. The maximum absolute atomic E-state index is 13.9. The van der Waals surface area contributed by atoms with Gasteiger partial charge < -0.3 is 20.9 Å². The Hall–Kier alpha value is -3.33. The van der Waals surface area contributed by atoms with E-state index >= 15 is 0 Å². The quantitative estimate of drug-likeness (QED) is 0.364. The topological polar surface area (TPSA) is 119 Å². The van der Waals surface area contributed by atoms with E-state index in [1.54, 1.807) is 12.3 Å². The van der Waals surface area contributed by atoms with E-state index in [1.165, 1.54) is 18.3 Å². The summed E-state index contributed by atoms with van der Waals surface area (Å²) in [6, 6.07) is 4.30. The van der Waals surface area contributed by atoms with E-state index in [0.29, 0.717) is 46.1 Å². The van der Waals surface area contributed by atoms with Crippen molar-refractivity contribution in [2.24, 2.45) is 5.92 Å². The predicted molar refractivity (Wildman–Crippen MR) is 123 cm³/mol. The minimum absolute atomic E-state index is 0.107. The molecule has 0 aliphatic carbocycles. The van der Waals surface area contributed by atoms with E-state index in [0.717, 1.165) is 19.5 Å². The Balaban J connectivity index is 1.60. The van der Waals surface area contributed by atoms with E-state index in [1.807, 2.05) is 20.8 Å². The average Bonchev–Trinajstić information content (AvgIpc) is 3.11. The van der Waals surface area contributed by atoms with Gasteiger partial charge in [-0.25, -0.2) is 14.4 Å². The maximum Gasteiger partial charge on any atom is 0.255 e. The average molecular weight is 438 g/mol. The molecule has 4 rings (SSSR count). The monoisotopic (exact) mass is 437 g/mol. The first kappa shape index (κ1) is 21.9. The first-order valence-electron chi connectivity index (χ1n) is 10.7. The molecule has 168 valence electrons. The number of benzene rings is 1. The molecule has 0 saturated carbocycles. The molecule has 1 aliphatic rings. The fourth-order valence-corrected chi connectivity index (χ4v) is 3.58. The second-order valence-electron chi connectivity index (χ2n) is 9.16. The zero-order chi connectivity index (χ0) is 22.9. The summed E-state index contributed by atoms with van der Waals surface area (Å²) in [7, 11) is 0. The van der Waals surface area contributed by atoms with E-state index in [-0.39, 0.29) is 17.4 Å². The molecule has 3 heterocycles. The Morgan fingerprint density at radius 2 is 2.06 bits per heavy atom. The number of nitrogens with one attached hydrogen (secondary N) is 5. The lowest BCUT2D eigenvalue weighted by Crippen LogP contribution is -2.42. The van der Waals surface area contributed by atoms with Crippen molar-refractivity contribution in [2.75, 3.05) is 25.0 Å². The van der Waals surface area contributed by atoms with Crippen molar-refractivity contribution in [3.05, 3.63) is 53.2 Å². The molecule has 0 bridgehead atoms. The molecule has 1 aliphatic heterocycles. The second-order valence-corrected chi connectivity index (χ2v) is 9.16. The largest absolute Gasteiger partial charge is 0.384 e. The first-order chi connectivity index (χ1) is 15.2. The number of H-pyrrole nitrogens is 1. The van der Waals surface area contributed by atoms with Gasteiger partial charge in [0.1, 0.15) is 17.0 Å². The van der Waals surface area contributed by atoms with Gasteiger partial charge in [0.2, 0.25) is 0 Å². The molecule has 2 aromatic heterocycles. The normalized spacial score (nSPS) is 14.2. The van der Waals surface area contributed by atoms with Gasteiger partial charge in [0.25, 0.3) is 5.91 Å². The maximum atomic E-state index is 13.9. The third-order valence-electron chi connectivity index (χ3n) is 5.36. The molecule has 1 fully saturated rings. The molecule has 0 radical (unpaired) electrons. The number of carbonyl (C=O) groups is 1. The van der Waals surface area contributed by atoms with Crippen molar-refractivity contribution in [1.82, 2.24) is 25.6 Å². The zero-order valence-corrected chi connectivity index (χ0v) is 18.5. The van der Waals surface area contributed by atoms with Crippen LogP contribution in [0.15, 0.2) is 30.6 Å². The lowest BCUT2D eigenvalue weighted by molar-refractivity contribution is 0.0921. The Kier molecular flexibility index (Phi) is 5.92. The van der Waals surface area contributed by atoms with Gasteiger partial charge in [-0.3, -0.25) is 10.2 Å². The summed E-state index contributed by atoms with van der Waals surface area (Å²) in [5.74, 6) is -0.0162. The highest BCUT2D eigenvalue weighted by Gasteiger charge is 2.21. The van der Waals surface area contributed by atoms with Crippen LogP contribution in [0.3, 0.4) is 0 Å². The van der Waals surface area contributed by atoms with Crippen molar-refractivity contribution in [2.45, 2.75) is 32.7 Å². The Labute approximate surface area is 185 Å². The SMILES string of the molecule is CC(C)(C)NC(=O)c1c[nH]c2ncc(C(=N)c3ccc(F)cc3NCCC3CNC3)nc12. The van der Waals surface area contributed by atoms with Crippen LogP contribution in [0.2, 0.25) is 0 Å². The fourth-order valence-electron chi connectivity index (χ4n) is 3.58. The molecule has 3 aromatic rings. The molecule has 0 unspecified atom stereocenters. The molecule has 1 saturated heterocycles. The molecule has 0 spiro atoms. The first-order valence-corrected chi connectivity index (χ1v) is 10.7. The third-order valence-corrected chi connectivity index (χ3v) is 5.36. The number of anilines is 1. The minimum atomic E-state index is -0.400. The summed E-state index contributed by atoms with van der Waals surface area (Å²) in [5, 5.41) is 18.1. The number of nitrogens with zero attached hydrogens (tertiary/aromatic N) is 2. The van der Waals surface area contributed by atoms with Crippen LogP contribution in [-0.4, -0.2) is 51.7 Å². The smallest absolute Gasteiger partial charge is 0.255 e. The van der Waals surface area contributed by atoms with Crippen LogP contribution < -0.4 is 16.0 Å². The molecule has 1 amide bonds. The van der Waals surface area contributed by atoms with Crippen LogP contribution >= 0.6 is 0 Å².